The van der Waals surface area contributed by atoms with Crippen molar-refractivity contribution in [1.29, 1.82) is 0 Å². The van der Waals surface area contributed by atoms with Crippen molar-refractivity contribution in [3.63, 3.8) is 0 Å². The molecule has 0 saturated carbocycles. The smallest absolute Gasteiger partial charge is 0.408 e. The zero-order valence-electron chi connectivity index (χ0n) is 14.6. The van der Waals surface area contributed by atoms with Gasteiger partial charge in [0.15, 0.2) is 12.1 Å². The van der Waals surface area contributed by atoms with Crippen molar-refractivity contribution in [2.45, 2.75) is 45.1 Å². The van der Waals surface area contributed by atoms with E-state index in [4.69, 9.17) is 14.2 Å². The first-order valence-corrected chi connectivity index (χ1v) is 7.59. The maximum Gasteiger partial charge on any atom is 0.408 e. The lowest BCUT2D eigenvalue weighted by Crippen LogP contribution is -2.54. The number of carboxylic acid groups (broad SMARTS) is 1. The number of nitrogens with one attached hydrogen (secondary N) is 1. The number of hydrogen-bond acceptors (Lipinski definition) is 6. The van der Waals surface area contributed by atoms with Gasteiger partial charge in [-0.2, -0.15) is 0 Å². The molecule has 1 amide bonds. The van der Waals surface area contributed by atoms with E-state index in [1.165, 1.54) is 0 Å². The summed E-state index contributed by atoms with van der Waals surface area (Å²) in [6.45, 7) is 4.86. The first-order chi connectivity index (χ1) is 11.6. The highest BCUT2D eigenvalue weighted by Gasteiger charge is 2.38. The van der Waals surface area contributed by atoms with Crippen LogP contribution in [0.4, 0.5) is 4.79 Å². The zero-order valence-corrected chi connectivity index (χ0v) is 14.6. The molecule has 1 rings (SSSR count). The fourth-order valence-corrected chi connectivity index (χ4v) is 1.89. The van der Waals surface area contributed by atoms with E-state index in [0.717, 1.165) is 12.7 Å². The van der Waals surface area contributed by atoms with Crippen LogP contribution >= 0.6 is 0 Å². The van der Waals surface area contributed by atoms with Crippen LogP contribution in [0.25, 0.3) is 0 Å². The van der Waals surface area contributed by atoms with E-state index < -0.39 is 35.8 Å². The molecule has 2 atom stereocenters. The summed E-state index contributed by atoms with van der Waals surface area (Å²) in [6.07, 6.45) is -2.50. The van der Waals surface area contributed by atoms with E-state index >= 15 is 0 Å². The van der Waals surface area contributed by atoms with Gasteiger partial charge in [0.1, 0.15) is 12.2 Å². The van der Waals surface area contributed by atoms with Crippen molar-refractivity contribution in [3.05, 3.63) is 35.9 Å². The fraction of sp³-hybridized carbons (Fsp3) is 0.471. The highest BCUT2D eigenvalue weighted by atomic mass is 16.6. The Bertz CT molecular complexity index is 595. The Labute approximate surface area is 146 Å². The third kappa shape index (κ3) is 7.21. The van der Waals surface area contributed by atoms with Crippen molar-refractivity contribution in [2.24, 2.45) is 0 Å². The molecular formula is C17H23NO7. The monoisotopic (exact) mass is 353 g/mol. The van der Waals surface area contributed by atoms with E-state index in [2.05, 4.69) is 5.32 Å². The minimum Gasteiger partial charge on any atom is -0.480 e. The molecule has 1 unspecified atom stereocenters. The summed E-state index contributed by atoms with van der Waals surface area (Å²) in [5.74, 6) is -2.35. The van der Waals surface area contributed by atoms with Crippen LogP contribution in [0.5, 0.6) is 0 Å². The average Bonchev–Trinajstić information content (AvgIpc) is 2.51. The minimum absolute atomic E-state index is 0.0386. The molecule has 1 aromatic rings. The lowest BCUT2D eigenvalue weighted by Gasteiger charge is -2.26. The standard InChI is InChI=1S/C17H23NO7/c1-17(2,3)25-15(21)13(23-4)12(14(19)20)18-16(22)24-10-11-8-6-5-7-9-11/h5-9,12-13H,10H2,1-4H3,(H,18,22)(H,19,20)/t12-,13?/m0/s1. The van der Waals surface area contributed by atoms with Crippen LogP contribution in [0.1, 0.15) is 26.3 Å². The normalized spacial score (nSPS) is 13.4. The van der Waals surface area contributed by atoms with Crippen LogP contribution in [0.2, 0.25) is 0 Å². The number of carbonyl (C=O) groups is 3. The molecule has 0 aliphatic carbocycles. The first kappa shape index (κ1) is 20.4. The maximum atomic E-state index is 12.1. The fourth-order valence-electron chi connectivity index (χ4n) is 1.89. The summed E-state index contributed by atoms with van der Waals surface area (Å²) in [6, 6.07) is 7.22. The number of carbonyl (C=O) groups excluding carboxylic acids is 2. The van der Waals surface area contributed by atoms with Crippen molar-refractivity contribution in [1.82, 2.24) is 5.32 Å². The molecule has 0 aliphatic rings. The van der Waals surface area contributed by atoms with Gasteiger partial charge in [0.2, 0.25) is 0 Å². The van der Waals surface area contributed by atoms with Crippen LogP contribution < -0.4 is 5.32 Å². The molecule has 0 radical (unpaired) electrons. The number of methoxy groups -OCH3 is 1. The molecule has 1 aromatic carbocycles. The molecule has 0 aliphatic heterocycles. The number of benzene rings is 1. The highest BCUT2D eigenvalue weighted by Crippen LogP contribution is 2.12. The van der Waals surface area contributed by atoms with Gasteiger partial charge in [0.05, 0.1) is 0 Å². The number of rotatable bonds is 7. The summed E-state index contributed by atoms with van der Waals surface area (Å²) in [5, 5.41) is 11.4. The molecule has 0 heterocycles. The highest BCUT2D eigenvalue weighted by molar-refractivity contribution is 5.88. The van der Waals surface area contributed by atoms with Gasteiger partial charge in [-0.25, -0.2) is 14.4 Å². The van der Waals surface area contributed by atoms with Gasteiger partial charge < -0.3 is 24.6 Å². The summed E-state index contributed by atoms with van der Waals surface area (Å²) in [7, 11) is 1.15. The van der Waals surface area contributed by atoms with E-state index in [-0.39, 0.29) is 6.61 Å². The number of hydrogen-bond donors (Lipinski definition) is 2. The van der Waals surface area contributed by atoms with Gasteiger partial charge in [-0.05, 0) is 26.3 Å². The van der Waals surface area contributed by atoms with Crippen LogP contribution in [0.3, 0.4) is 0 Å². The van der Waals surface area contributed by atoms with Gasteiger partial charge in [-0.3, -0.25) is 0 Å². The van der Waals surface area contributed by atoms with Crippen LogP contribution in [-0.2, 0) is 30.4 Å². The Kier molecular flexibility index (Phi) is 7.38. The van der Waals surface area contributed by atoms with Gasteiger partial charge in [0, 0.05) is 7.11 Å². The van der Waals surface area contributed by atoms with Crippen LogP contribution in [0, 0.1) is 0 Å². The third-order valence-electron chi connectivity index (χ3n) is 2.95. The second-order valence-corrected chi connectivity index (χ2v) is 6.21. The molecule has 25 heavy (non-hydrogen) atoms. The Hall–Kier alpha value is -2.61. The number of ether oxygens (including phenoxy) is 3. The largest absolute Gasteiger partial charge is 0.480 e. The predicted molar refractivity (Wildman–Crippen MR) is 87.8 cm³/mol. The number of amides is 1. The lowest BCUT2D eigenvalue weighted by molar-refractivity contribution is -0.172. The Morgan fingerprint density at radius 1 is 1.16 bits per heavy atom. The first-order valence-electron chi connectivity index (χ1n) is 7.59. The van der Waals surface area contributed by atoms with Crippen LogP contribution in [-0.4, -0.2) is 48.0 Å². The molecule has 8 heteroatoms. The van der Waals surface area contributed by atoms with E-state index in [9.17, 15) is 19.5 Å². The predicted octanol–water partition coefficient (Wildman–Crippen LogP) is 1.72. The van der Waals surface area contributed by atoms with Crippen molar-refractivity contribution < 1.29 is 33.7 Å². The topological polar surface area (TPSA) is 111 Å². The van der Waals surface area contributed by atoms with E-state index in [0.29, 0.717) is 0 Å². The van der Waals surface area contributed by atoms with Gasteiger partial charge in [0.25, 0.3) is 0 Å². The Morgan fingerprint density at radius 3 is 2.24 bits per heavy atom. The molecule has 8 nitrogen and oxygen atoms in total. The van der Waals surface area contributed by atoms with Crippen LogP contribution in [0.15, 0.2) is 30.3 Å². The summed E-state index contributed by atoms with van der Waals surface area (Å²) < 4.78 is 15.0. The zero-order chi connectivity index (χ0) is 19.0. The van der Waals surface area contributed by atoms with Crippen molar-refractivity contribution in [2.75, 3.05) is 7.11 Å². The molecule has 0 bridgehead atoms. The molecule has 0 spiro atoms. The van der Waals surface area contributed by atoms with Gasteiger partial charge in [-0.1, -0.05) is 30.3 Å². The van der Waals surface area contributed by atoms with Crippen molar-refractivity contribution >= 4 is 18.0 Å². The second kappa shape index (κ2) is 9.03. The summed E-state index contributed by atoms with van der Waals surface area (Å²) in [4.78, 5) is 35.4. The summed E-state index contributed by atoms with van der Waals surface area (Å²) >= 11 is 0. The number of aliphatic carboxylic acids is 1. The Balaban J connectivity index is 2.72. The quantitative estimate of drug-likeness (QED) is 0.718. The Morgan fingerprint density at radius 2 is 1.76 bits per heavy atom. The SMILES string of the molecule is COC(C(=O)OC(C)(C)C)[C@H](NC(=O)OCc1ccccc1)C(=O)O. The van der Waals surface area contributed by atoms with Gasteiger partial charge >= 0.3 is 18.0 Å². The molecule has 0 aromatic heterocycles. The number of carboxylic acids is 1. The lowest BCUT2D eigenvalue weighted by atomic mass is 10.1. The second-order valence-electron chi connectivity index (χ2n) is 6.21. The number of alkyl carbamates (subject to hydrolysis) is 1. The summed E-state index contributed by atoms with van der Waals surface area (Å²) in [5.41, 5.74) is -0.0926. The van der Waals surface area contributed by atoms with Gasteiger partial charge in [-0.15, -0.1) is 0 Å². The third-order valence-corrected chi connectivity index (χ3v) is 2.95. The molecule has 2 N–H and O–H groups in total. The number of esters is 1. The molecule has 0 fully saturated rings. The average molecular weight is 353 g/mol. The minimum atomic E-state index is -1.65. The van der Waals surface area contributed by atoms with E-state index in [1.54, 1.807) is 45.0 Å². The molecule has 0 saturated heterocycles. The van der Waals surface area contributed by atoms with E-state index in [1.807, 2.05) is 6.07 Å². The van der Waals surface area contributed by atoms with Crippen molar-refractivity contribution in [3.8, 4) is 0 Å². The maximum absolute atomic E-state index is 12.1. The molecular weight excluding hydrogens is 330 g/mol. The molecule has 138 valence electrons.